The van der Waals surface area contributed by atoms with Gasteiger partial charge in [0, 0.05) is 12.6 Å². The van der Waals surface area contributed by atoms with E-state index in [9.17, 15) is 14.4 Å². The zero-order chi connectivity index (χ0) is 15.6. The number of Topliss-reactive ketones (excluding diaryl/α,β-unsaturated/α-hetero) is 1. The predicted octanol–water partition coefficient (Wildman–Crippen LogP) is 0.196. The summed E-state index contributed by atoms with van der Waals surface area (Å²) in [5.74, 6) is -0.352. The molecule has 21 heavy (non-hydrogen) atoms. The van der Waals surface area contributed by atoms with Gasteiger partial charge in [-0.1, -0.05) is 13.8 Å². The molecule has 1 fully saturated rings. The van der Waals surface area contributed by atoms with Crippen molar-refractivity contribution < 1.29 is 4.79 Å². The van der Waals surface area contributed by atoms with Gasteiger partial charge >= 0.3 is 5.69 Å². The van der Waals surface area contributed by atoms with Gasteiger partial charge in [-0.15, -0.1) is 0 Å². The lowest BCUT2D eigenvalue weighted by atomic mass is 10.1. The minimum atomic E-state index is -0.693. The maximum atomic E-state index is 12.4. The van der Waals surface area contributed by atoms with Crippen LogP contribution in [0, 0.1) is 0 Å². The molecule has 1 saturated carbocycles. The average molecular weight is 294 g/mol. The normalized spacial score (nSPS) is 14.6. The highest BCUT2D eigenvalue weighted by Crippen LogP contribution is 2.26. The molecule has 0 aromatic carbocycles. The lowest BCUT2D eigenvalue weighted by molar-refractivity contribution is 0.0927. The van der Waals surface area contributed by atoms with Crippen LogP contribution in [0.25, 0.3) is 0 Å². The van der Waals surface area contributed by atoms with Crippen molar-refractivity contribution in [2.75, 3.05) is 18.8 Å². The number of hydrogen-bond donors (Lipinski definition) is 2. The van der Waals surface area contributed by atoms with Crippen molar-refractivity contribution in [3.63, 3.8) is 0 Å². The van der Waals surface area contributed by atoms with Crippen molar-refractivity contribution in [2.24, 2.45) is 0 Å². The summed E-state index contributed by atoms with van der Waals surface area (Å²) in [6.45, 7) is 5.17. The van der Waals surface area contributed by atoms with Crippen LogP contribution in [-0.4, -0.2) is 39.4 Å². The van der Waals surface area contributed by atoms with E-state index < -0.39 is 11.2 Å². The minimum absolute atomic E-state index is 0.0255. The van der Waals surface area contributed by atoms with Crippen LogP contribution in [0.4, 0.5) is 5.82 Å². The van der Waals surface area contributed by atoms with Gasteiger partial charge in [-0.3, -0.25) is 24.0 Å². The number of nitrogen functional groups attached to an aromatic ring is 1. The smallest absolute Gasteiger partial charge is 0.329 e. The zero-order valence-electron chi connectivity index (χ0n) is 12.5. The molecule has 0 unspecified atom stereocenters. The Morgan fingerprint density at radius 2 is 2.05 bits per heavy atom. The summed E-state index contributed by atoms with van der Waals surface area (Å²) in [6, 6.07) is 0.431. The topological polar surface area (TPSA) is 101 Å². The van der Waals surface area contributed by atoms with Crippen LogP contribution in [0.1, 0.15) is 43.5 Å². The first-order valence-corrected chi connectivity index (χ1v) is 7.39. The molecule has 1 aromatic rings. The van der Waals surface area contributed by atoms with Crippen LogP contribution in [0.5, 0.6) is 0 Å². The van der Waals surface area contributed by atoms with E-state index in [0.717, 1.165) is 19.4 Å². The summed E-state index contributed by atoms with van der Waals surface area (Å²) in [5.41, 5.74) is 4.53. The molecule has 0 amide bonds. The number of rotatable bonds is 7. The van der Waals surface area contributed by atoms with E-state index in [1.165, 1.54) is 4.57 Å². The molecule has 7 nitrogen and oxygen atoms in total. The number of H-pyrrole nitrogens is 1. The van der Waals surface area contributed by atoms with Crippen molar-refractivity contribution in [3.8, 4) is 0 Å². The molecule has 0 bridgehead atoms. The molecule has 1 aliphatic carbocycles. The van der Waals surface area contributed by atoms with E-state index in [1.807, 2.05) is 18.7 Å². The second-order valence-electron chi connectivity index (χ2n) is 5.39. The third-order valence-corrected chi connectivity index (χ3v) is 3.78. The Hall–Kier alpha value is -1.89. The Balaban J connectivity index is 2.33. The van der Waals surface area contributed by atoms with Crippen LogP contribution in [0.3, 0.4) is 0 Å². The first-order valence-electron chi connectivity index (χ1n) is 7.39. The molecule has 116 valence electrons. The summed E-state index contributed by atoms with van der Waals surface area (Å²) < 4.78 is 1.25. The van der Waals surface area contributed by atoms with E-state index in [4.69, 9.17) is 5.73 Å². The van der Waals surface area contributed by atoms with Gasteiger partial charge in [0.15, 0.2) is 5.78 Å². The Morgan fingerprint density at radius 1 is 1.38 bits per heavy atom. The summed E-state index contributed by atoms with van der Waals surface area (Å²) in [7, 11) is 0. The second kappa shape index (κ2) is 6.26. The molecule has 0 spiro atoms. The Bertz CT molecular complexity index is 643. The summed E-state index contributed by atoms with van der Waals surface area (Å²) in [4.78, 5) is 40.3. The number of nitrogens with two attached hydrogens (primary N) is 1. The number of nitrogens with one attached hydrogen (secondary N) is 1. The molecule has 7 heteroatoms. The Kier molecular flexibility index (Phi) is 4.62. The van der Waals surface area contributed by atoms with Crippen molar-refractivity contribution >= 4 is 11.6 Å². The van der Waals surface area contributed by atoms with E-state index in [0.29, 0.717) is 19.0 Å². The zero-order valence-corrected chi connectivity index (χ0v) is 12.5. The molecule has 1 aromatic heterocycles. The van der Waals surface area contributed by atoms with Crippen molar-refractivity contribution in [2.45, 2.75) is 45.7 Å². The van der Waals surface area contributed by atoms with Gasteiger partial charge in [-0.25, -0.2) is 4.79 Å². The maximum Gasteiger partial charge on any atom is 0.329 e. The molecule has 0 radical (unpaired) electrons. The number of nitrogens with zero attached hydrogens (tertiary/aromatic N) is 2. The first-order chi connectivity index (χ1) is 9.99. The van der Waals surface area contributed by atoms with E-state index in [2.05, 4.69) is 4.98 Å². The number of anilines is 1. The first kappa shape index (κ1) is 15.5. The fourth-order valence-corrected chi connectivity index (χ4v) is 2.51. The number of carbonyl (C=O) groups is 1. The fourth-order valence-electron chi connectivity index (χ4n) is 2.51. The van der Waals surface area contributed by atoms with Gasteiger partial charge in [-0.2, -0.15) is 0 Å². The molecule has 3 N–H and O–H groups in total. The third-order valence-electron chi connectivity index (χ3n) is 3.78. The maximum absolute atomic E-state index is 12.4. The van der Waals surface area contributed by atoms with Crippen LogP contribution < -0.4 is 17.0 Å². The molecule has 2 rings (SSSR count). The molecule has 0 saturated heterocycles. The predicted molar refractivity (Wildman–Crippen MR) is 80.6 cm³/mol. The highest BCUT2D eigenvalue weighted by atomic mass is 16.2. The molecular weight excluding hydrogens is 272 g/mol. The van der Waals surface area contributed by atoms with E-state index in [1.54, 1.807) is 0 Å². The molecular formula is C14H22N4O3. The molecule has 1 heterocycles. The number of aromatic amines is 1. The van der Waals surface area contributed by atoms with Crippen LogP contribution in [0.2, 0.25) is 0 Å². The standard InChI is InChI=1S/C14H22N4O3/c1-3-7-18-12(15)11(13(20)16-14(18)21)10(19)8-17(4-2)9-5-6-9/h9H,3-8,15H2,1-2H3,(H,16,20,21). The fraction of sp³-hybridized carbons (Fsp3) is 0.643. The Morgan fingerprint density at radius 3 is 2.57 bits per heavy atom. The third kappa shape index (κ3) is 3.24. The van der Waals surface area contributed by atoms with Gasteiger partial charge < -0.3 is 5.73 Å². The molecule has 0 atom stereocenters. The quantitative estimate of drug-likeness (QED) is 0.699. The number of ketones is 1. The van der Waals surface area contributed by atoms with Gasteiger partial charge in [-0.05, 0) is 25.8 Å². The summed E-state index contributed by atoms with van der Waals surface area (Å²) in [5, 5.41) is 0. The summed E-state index contributed by atoms with van der Waals surface area (Å²) in [6.07, 6.45) is 2.86. The average Bonchev–Trinajstić information content (AvgIpc) is 3.25. The van der Waals surface area contributed by atoms with Gasteiger partial charge in [0.25, 0.3) is 5.56 Å². The van der Waals surface area contributed by atoms with Crippen molar-refractivity contribution in [3.05, 3.63) is 26.4 Å². The highest BCUT2D eigenvalue weighted by Gasteiger charge is 2.30. The second-order valence-corrected chi connectivity index (χ2v) is 5.39. The number of likely N-dealkylation sites (N-methyl/N-ethyl adjacent to an activating group) is 1. The monoisotopic (exact) mass is 294 g/mol. The van der Waals surface area contributed by atoms with Crippen LogP contribution in [0.15, 0.2) is 9.59 Å². The van der Waals surface area contributed by atoms with Crippen molar-refractivity contribution in [1.82, 2.24) is 14.5 Å². The SMILES string of the molecule is CCCn1c(N)c(C(=O)CN(CC)C2CC2)c(=O)[nH]c1=O. The van der Waals surface area contributed by atoms with Gasteiger partial charge in [0.05, 0.1) is 6.54 Å². The summed E-state index contributed by atoms with van der Waals surface area (Å²) >= 11 is 0. The lowest BCUT2D eigenvalue weighted by Gasteiger charge is -2.19. The van der Waals surface area contributed by atoms with Crippen LogP contribution in [-0.2, 0) is 6.54 Å². The van der Waals surface area contributed by atoms with Crippen molar-refractivity contribution in [1.29, 1.82) is 0 Å². The number of aromatic nitrogens is 2. The van der Waals surface area contributed by atoms with E-state index in [-0.39, 0.29) is 23.7 Å². The highest BCUT2D eigenvalue weighted by molar-refractivity contribution is 6.01. The molecule has 0 aliphatic heterocycles. The van der Waals surface area contributed by atoms with Gasteiger partial charge in [0.2, 0.25) is 0 Å². The Labute approximate surface area is 122 Å². The van der Waals surface area contributed by atoms with Gasteiger partial charge in [0.1, 0.15) is 11.4 Å². The lowest BCUT2D eigenvalue weighted by Crippen LogP contribution is -2.39. The van der Waals surface area contributed by atoms with Crippen LogP contribution >= 0.6 is 0 Å². The van der Waals surface area contributed by atoms with E-state index >= 15 is 0 Å². The number of hydrogen-bond acceptors (Lipinski definition) is 5. The largest absolute Gasteiger partial charge is 0.384 e. The minimum Gasteiger partial charge on any atom is -0.384 e. The number of carbonyl (C=O) groups excluding carboxylic acids is 1. The molecule has 1 aliphatic rings.